The molecule has 1 unspecified atom stereocenters. The second kappa shape index (κ2) is 7.59. The summed E-state index contributed by atoms with van der Waals surface area (Å²) in [6.07, 6.45) is 0.0730. The van der Waals surface area contributed by atoms with Gasteiger partial charge in [0.2, 0.25) is 5.91 Å². The first-order valence-corrected chi connectivity index (χ1v) is 7.29. The number of thiophene rings is 1. The number of hydrogen-bond acceptors (Lipinski definition) is 5. The van der Waals surface area contributed by atoms with Crippen molar-refractivity contribution in [3.8, 4) is 0 Å². The van der Waals surface area contributed by atoms with Crippen molar-refractivity contribution >= 4 is 17.2 Å². The van der Waals surface area contributed by atoms with Crippen LogP contribution in [-0.4, -0.2) is 56.9 Å². The lowest BCUT2D eigenvalue weighted by atomic mass is 10.3. The van der Waals surface area contributed by atoms with Crippen molar-refractivity contribution in [3.63, 3.8) is 0 Å². The highest BCUT2D eigenvalue weighted by atomic mass is 32.1. The van der Waals surface area contributed by atoms with Gasteiger partial charge in [-0.15, -0.1) is 11.3 Å². The summed E-state index contributed by atoms with van der Waals surface area (Å²) in [5.74, 6) is 0.0348. The number of hydrogen-bond donors (Lipinski definition) is 1. The van der Waals surface area contributed by atoms with Crippen LogP contribution in [-0.2, 0) is 20.8 Å². The van der Waals surface area contributed by atoms with Crippen molar-refractivity contribution in [1.82, 2.24) is 10.2 Å². The molecule has 0 aromatic carbocycles. The van der Waals surface area contributed by atoms with Crippen LogP contribution in [0.25, 0.3) is 0 Å². The first-order chi connectivity index (χ1) is 9.24. The Kier molecular flexibility index (Phi) is 5.78. The molecule has 6 heteroatoms. The smallest absolute Gasteiger partial charge is 0.234 e. The summed E-state index contributed by atoms with van der Waals surface area (Å²) in [5.41, 5.74) is 0. The lowest BCUT2D eigenvalue weighted by Crippen LogP contribution is -2.42. The lowest BCUT2D eigenvalue weighted by molar-refractivity contribution is -0.124. The van der Waals surface area contributed by atoms with E-state index in [2.05, 4.69) is 5.32 Å². The van der Waals surface area contributed by atoms with Crippen LogP contribution < -0.4 is 5.32 Å². The lowest BCUT2D eigenvalue weighted by Gasteiger charge is -2.27. The van der Waals surface area contributed by atoms with Crippen molar-refractivity contribution in [2.45, 2.75) is 12.6 Å². The highest BCUT2D eigenvalue weighted by molar-refractivity contribution is 7.09. The van der Waals surface area contributed by atoms with Crippen molar-refractivity contribution in [2.75, 3.05) is 40.0 Å². The fourth-order valence-electron chi connectivity index (χ4n) is 1.95. The third-order valence-corrected chi connectivity index (χ3v) is 3.73. The van der Waals surface area contributed by atoms with E-state index in [-0.39, 0.29) is 12.0 Å². The number of ether oxygens (including phenoxy) is 2. The topological polar surface area (TPSA) is 50.8 Å². The van der Waals surface area contributed by atoms with Gasteiger partial charge in [-0.2, -0.15) is 0 Å². The van der Waals surface area contributed by atoms with Crippen LogP contribution in [0.2, 0.25) is 0 Å². The molecule has 2 rings (SSSR count). The van der Waals surface area contributed by atoms with Crippen LogP contribution in [0.4, 0.5) is 0 Å². The molecule has 1 saturated heterocycles. The van der Waals surface area contributed by atoms with E-state index < -0.39 is 0 Å². The normalized spacial score (nSPS) is 19.6. The highest BCUT2D eigenvalue weighted by Crippen LogP contribution is 2.07. The molecule has 0 aliphatic carbocycles. The molecule has 0 radical (unpaired) electrons. The Bertz CT molecular complexity index is 377. The van der Waals surface area contributed by atoms with Crippen molar-refractivity contribution in [2.24, 2.45) is 0 Å². The van der Waals surface area contributed by atoms with Crippen LogP contribution in [0.15, 0.2) is 17.5 Å². The Balaban J connectivity index is 1.63. The number of likely N-dealkylation sites (N-methyl/N-ethyl adjacent to an activating group) is 1. The quantitative estimate of drug-likeness (QED) is 0.836. The monoisotopic (exact) mass is 284 g/mol. The van der Waals surface area contributed by atoms with E-state index in [0.29, 0.717) is 39.5 Å². The molecule has 0 saturated carbocycles. The number of carbonyl (C=O) groups excluding carboxylic acids is 1. The molecule has 1 amide bonds. The van der Waals surface area contributed by atoms with Gasteiger partial charge in [0, 0.05) is 11.4 Å². The van der Waals surface area contributed by atoms with Crippen LogP contribution in [0, 0.1) is 0 Å². The zero-order valence-corrected chi connectivity index (χ0v) is 11.9. The molecule has 1 fully saturated rings. The molecule has 1 aromatic rings. The molecule has 1 aliphatic heterocycles. The molecule has 0 spiro atoms. The zero-order chi connectivity index (χ0) is 13.5. The number of nitrogens with one attached hydrogen (secondary N) is 1. The molecule has 2 heterocycles. The number of amides is 1. The average molecular weight is 284 g/mol. The number of rotatable bonds is 6. The van der Waals surface area contributed by atoms with E-state index in [1.54, 1.807) is 11.3 Å². The Hall–Kier alpha value is -0.950. The Morgan fingerprint density at radius 1 is 1.58 bits per heavy atom. The van der Waals surface area contributed by atoms with Crippen LogP contribution in [0.5, 0.6) is 0 Å². The van der Waals surface area contributed by atoms with E-state index >= 15 is 0 Å². The largest absolute Gasteiger partial charge is 0.376 e. The molecule has 0 bridgehead atoms. The maximum Gasteiger partial charge on any atom is 0.234 e. The Morgan fingerprint density at radius 2 is 2.47 bits per heavy atom. The second-order valence-corrected chi connectivity index (χ2v) is 5.65. The molecular weight excluding hydrogens is 264 g/mol. The van der Waals surface area contributed by atoms with Crippen molar-refractivity contribution in [3.05, 3.63) is 22.4 Å². The predicted octanol–water partition coefficient (Wildman–Crippen LogP) is 0.711. The summed E-state index contributed by atoms with van der Waals surface area (Å²) in [6.45, 7) is 3.62. The van der Waals surface area contributed by atoms with Gasteiger partial charge in [0.1, 0.15) is 0 Å². The Morgan fingerprint density at radius 3 is 3.16 bits per heavy atom. The third kappa shape index (κ3) is 5.28. The summed E-state index contributed by atoms with van der Waals surface area (Å²) < 4.78 is 10.9. The van der Waals surface area contributed by atoms with E-state index in [1.807, 2.05) is 29.5 Å². The third-order valence-electron chi connectivity index (χ3n) is 2.85. The van der Waals surface area contributed by atoms with Gasteiger partial charge < -0.3 is 14.8 Å². The number of carbonyl (C=O) groups is 1. The highest BCUT2D eigenvalue weighted by Gasteiger charge is 2.17. The van der Waals surface area contributed by atoms with Gasteiger partial charge in [-0.25, -0.2) is 0 Å². The summed E-state index contributed by atoms with van der Waals surface area (Å²) >= 11 is 1.65. The molecule has 1 aliphatic rings. The van der Waals surface area contributed by atoms with E-state index in [9.17, 15) is 4.79 Å². The molecule has 1 atom stereocenters. The van der Waals surface area contributed by atoms with Crippen molar-refractivity contribution < 1.29 is 14.3 Å². The van der Waals surface area contributed by atoms with Gasteiger partial charge >= 0.3 is 0 Å². The predicted molar refractivity (Wildman–Crippen MR) is 74.2 cm³/mol. The van der Waals surface area contributed by atoms with Crippen LogP contribution >= 0.6 is 11.3 Å². The first kappa shape index (κ1) is 14.5. The summed E-state index contributed by atoms with van der Waals surface area (Å²) in [6, 6.07) is 4.00. The average Bonchev–Trinajstić information content (AvgIpc) is 2.90. The van der Waals surface area contributed by atoms with Gasteiger partial charge in [0.05, 0.1) is 39.0 Å². The Labute approximate surface area is 117 Å². The first-order valence-electron chi connectivity index (χ1n) is 6.41. The molecule has 5 nitrogen and oxygen atoms in total. The standard InChI is InChI=1S/C13H20N2O3S/c1-15(8-11-10-17-4-5-18-11)9-13(16)14-7-12-3-2-6-19-12/h2-3,6,11H,4-5,7-10H2,1H3,(H,14,16). The maximum atomic E-state index is 11.8. The fraction of sp³-hybridized carbons (Fsp3) is 0.615. The summed E-state index contributed by atoms with van der Waals surface area (Å²) in [5, 5.41) is 4.92. The van der Waals surface area contributed by atoms with Crippen molar-refractivity contribution in [1.29, 1.82) is 0 Å². The number of nitrogens with zero attached hydrogens (tertiary/aromatic N) is 1. The van der Waals surface area contributed by atoms with E-state index in [4.69, 9.17) is 9.47 Å². The van der Waals surface area contributed by atoms with Gasteiger partial charge in [0.15, 0.2) is 0 Å². The van der Waals surface area contributed by atoms with Gasteiger partial charge in [-0.3, -0.25) is 9.69 Å². The minimum Gasteiger partial charge on any atom is -0.376 e. The SMILES string of the molecule is CN(CC(=O)NCc1cccs1)CC1COCCO1. The summed E-state index contributed by atoms with van der Waals surface area (Å²) in [7, 11) is 1.92. The maximum absolute atomic E-state index is 11.8. The molecule has 1 aromatic heterocycles. The fourth-order valence-corrected chi connectivity index (χ4v) is 2.60. The molecular formula is C13H20N2O3S. The van der Waals surface area contributed by atoms with Gasteiger partial charge in [0.25, 0.3) is 0 Å². The minimum absolute atomic E-state index is 0.0348. The zero-order valence-electron chi connectivity index (χ0n) is 11.1. The minimum atomic E-state index is 0.0348. The van der Waals surface area contributed by atoms with Crippen LogP contribution in [0.3, 0.4) is 0 Å². The molecule has 1 N–H and O–H groups in total. The molecule has 19 heavy (non-hydrogen) atoms. The molecule has 106 valence electrons. The van der Waals surface area contributed by atoms with Crippen LogP contribution in [0.1, 0.15) is 4.88 Å². The van der Waals surface area contributed by atoms with Gasteiger partial charge in [-0.1, -0.05) is 6.07 Å². The van der Waals surface area contributed by atoms with Gasteiger partial charge in [-0.05, 0) is 18.5 Å². The van der Waals surface area contributed by atoms with E-state index in [0.717, 1.165) is 0 Å². The second-order valence-electron chi connectivity index (χ2n) is 4.62. The van der Waals surface area contributed by atoms with E-state index in [1.165, 1.54) is 4.88 Å². The summed E-state index contributed by atoms with van der Waals surface area (Å²) in [4.78, 5) is 14.9.